The molecule has 0 aromatic rings. The molecule has 0 aliphatic carbocycles. The van der Waals surface area contributed by atoms with Crippen LogP contribution >= 0.6 is 0 Å². The summed E-state index contributed by atoms with van der Waals surface area (Å²) in [5, 5.41) is 18.7. The number of rotatable bonds is 55. The van der Waals surface area contributed by atoms with Crippen molar-refractivity contribution in [2.75, 3.05) is 33.0 Å². The summed E-state index contributed by atoms with van der Waals surface area (Å²) in [6, 6.07) is 0. The SMILES string of the molecule is CCCCCCCCC(/C=C/CCCCCCC(=O)OC(COC(=O)CCCCCCC/C=C\C=C\C(CCCCC)C(C)C(=O)OCC(CO)CO)COC(=O)CCCCCCC/C=C\C/C=C\C=C\C(CC)C1CC(=O)OC1=O)C1CC(=O)OC1=O. The topological polar surface area (TPSA) is 232 Å². The van der Waals surface area contributed by atoms with Crippen LogP contribution in [0.5, 0.6) is 0 Å². The first-order valence-electron chi connectivity index (χ1n) is 34.1. The molecular weight excluding hydrogens is 1120 g/mol. The summed E-state index contributed by atoms with van der Waals surface area (Å²) in [6.45, 7) is 7.30. The Hall–Kier alpha value is -5.48. The molecule has 2 fully saturated rings. The molecule has 88 heavy (non-hydrogen) atoms. The van der Waals surface area contributed by atoms with Gasteiger partial charge in [0.15, 0.2) is 6.10 Å². The lowest BCUT2D eigenvalue weighted by Gasteiger charge is -2.21. The normalized spacial score (nSPS) is 17.3. The highest BCUT2D eigenvalue weighted by atomic mass is 16.6. The average molecular weight is 1240 g/mol. The van der Waals surface area contributed by atoms with Crippen molar-refractivity contribution >= 4 is 47.8 Å². The minimum Gasteiger partial charge on any atom is -0.465 e. The van der Waals surface area contributed by atoms with Crippen LogP contribution in [-0.2, 0) is 66.8 Å². The molecule has 2 heterocycles. The second-order valence-corrected chi connectivity index (χ2v) is 24.1. The summed E-state index contributed by atoms with van der Waals surface area (Å²) in [4.78, 5) is 99.2. The van der Waals surface area contributed by atoms with Gasteiger partial charge in [-0.15, -0.1) is 0 Å². The zero-order valence-corrected chi connectivity index (χ0v) is 54.4. The lowest BCUT2D eigenvalue weighted by Crippen LogP contribution is -2.30. The van der Waals surface area contributed by atoms with Crippen molar-refractivity contribution < 1.29 is 77.0 Å². The third kappa shape index (κ3) is 38.8. The van der Waals surface area contributed by atoms with E-state index in [0.29, 0.717) is 19.3 Å². The number of hydrogen-bond donors (Lipinski definition) is 2. The minimum atomic E-state index is -0.925. The molecule has 2 rings (SSSR count). The van der Waals surface area contributed by atoms with E-state index in [4.69, 9.17) is 28.4 Å². The van der Waals surface area contributed by atoms with Gasteiger partial charge in [-0.25, -0.2) is 0 Å². The highest BCUT2D eigenvalue weighted by molar-refractivity contribution is 5.95. The third-order valence-corrected chi connectivity index (χ3v) is 16.5. The van der Waals surface area contributed by atoms with Gasteiger partial charge < -0.3 is 38.6 Å². The lowest BCUT2D eigenvalue weighted by molar-refractivity contribution is -0.167. The Morgan fingerprint density at radius 3 is 1.52 bits per heavy atom. The highest BCUT2D eigenvalue weighted by Gasteiger charge is 2.39. The number of allylic oxidation sites excluding steroid dienone is 12. The maximum atomic E-state index is 13.1. The van der Waals surface area contributed by atoms with Crippen LogP contribution in [0.1, 0.15) is 252 Å². The zero-order valence-electron chi connectivity index (χ0n) is 54.4. The first-order chi connectivity index (χ1) is 42.8. The quantitative estimate of drug-likeness (QED) is 0.0144. The van der Waals surface area contributed by atoms with E-state index in [-0.39, 0.29) is 94.8 Å². The molecule has 0 amide bonds. The van der Waals surface area contributed by atoms with Crippen LogP contribution in [0, 0.1) is 41.4 Å². The van der Waals surface area contributed by atoms with Gasteiger partial charge in [-0.3, -0.25) is 38.4 Å². The molecule has 0 bridgehead atoms. The average Bonchev–Trinajstić information content (AvgIpc) is 3.55. The maximum Gasteiger partial charge on any atom is 0.317 e. The van der Waals surface area contributed by atoms with Crippen molar-refractivity contribution in [2.24, 2.45) is 41.4 Å². The Morgan fingerprint density at radius 1 is 0.489 bits per heavy atom. The van der Waals surface area contributed by atoms with Crippen molar-refractivity contribution in [1.29, 1.82) is 0 Å². The number of ether oxygens (including phenoxy) is 6. The fraction of sp³-hybridized carbons (Fsp3) is 0.722. The molecular formula is C72H114O16. The summed E-state index contributed by atoms with van der Waals surface area (Å²) in [7, 11) is 0. The van der Waals surface area contributed by atoms with Crippen molar-refractivity contribution in [1.82, 2.24) is 0 Å². The van der Waals surface area contributed by atoms with Crippen LogP contribution in [0.25, 0.3) is 0 Å². The predicted octanol–water partition coefficient (Wildman–Crippen LogP) is 15.1. The predicted molar refractivity (Wildman–Crippen MR) is 343 cm³/mol. The van der Waals surface area contributed by atoms with E-state index < -0.39 is 65.6 Å². The van der Waals surface area contributed by atoms with Crippen LogP contribution in [0.3, 0.4) is 0 Å². The third-order valence-electron chi connectivity index (χ3n) is 16.5. The lowest BCUT2D eigenvalue weighted by atomic mass is 9.86. The fourth-order valence-corrected chi connectivity index (χ4v) is 10.8. The molecule has 0 saturated carbocycles. The van der Waals surface area contributed by atoms with Crippen molar-refractivity contribution in [3.05, 3.63) is 72.9 Å². The van der Waals surface area contributed by atoms with Gasteiger partial charge in [0, 0.05) is 25.2 Å². The number of aliphatic hydroxyl groups excluding tert-OH is 2. The van der Waals surface area contributed by atoms with E-state index in [0.717, 1.165) is 148 Å². The number of unbranched alkanes of at least 4 members (excludes halogenated alkanes) is 21. The second-order valence-electron chi connectivity index (χ2n) is 24.1. The second kappa shape index (κ2) is 52.3. The Bertz CT molecular complexity index is 2130. The summed E-state index contributed by atoms with van der Waals surface area (Å²) in [5.74, 6) is -4.94. The summed E-state index contributed by atoms with van der Waals surface area (Å²) in [6.07, 6.45) is 52.9. The number of cyclic esters (lactones) is 4. The van der Waals surface area contributed by atoms with Gasteiger partial charge in [-0.05, 0) is 101 Å². The van der Waals surface area contributed by atoms with E-state index in [1.165, 1.54) is 25.7 Å². The zero-order chi connectivity index (χ0) is 64.2. The first-order valence-corrected chi connectivity index (χ1v) is 34.1. The van der Waals surface area contributed by atoms with E-state index in [1.54, 1.807) is 0 Å². The standard InChI is InChI=1S/C72H114O16/c1-5-8-10-11-27-37-45-61(64-51-69(79)88-72(64)82)46-38-30-25-26-33-41-49-67(77)86-62(55-83-65(75)47-39-31-23-19-15-13-12-14-17-21-28-35-42-59(7-3)63-50-68(78)87-71(63)81)56-84-66(76)48-40-32-24-20-16-18-22-29-36-44-60(43-34-9-6-2)57(4)70(80)85-54-58(52-73)53-74/h12,14,21-22,28-29,35-36,38,42,44,46,57-64,73-74H,5-11,13,15-20,23-27,30-34,37,39-41,43,45,47-56H2,1-4H3/b14-12-,28-21-,29-22-,42-35+,44-36+,46-38+. The Labute approximate surface area is 528 Å². The molecule has 2 aliphatic heterocycles. The van der Waals surface area contributed by atoms with Crippen LogP contribution < -0.4 is 0 Å². The number of hydrogen-bond acceptors (Lipinski definition) is 16. The van der Waals surface area contributed by atoms with Crippen LogP contribution in [0.2, 0.25) is 0 Å². The summed E-state index contributed by atoms with van der Waals surface area (Å²) < 4.78 is 31.9. The van der Waals surface area contributed by atoms with Gasteiger partial charge in [-0.1, -0.05) is 210 Å². The molecule has 16 nitrogen and oxygen atoms in total. The van der Waals surface area contributed by atoms with Gasteiger partial charge in [0.1, 0.15) is 13.2 Å². The Morgan fingerprint density at radius 2 is 0.966 bits per heavy atom. The molecule has 498 valence electrons. The molecule has 0 radical (unpaired) electrons. The molecule has 2 N–H and O–H groups in total. The molecule has 2 aliphatic rings. The van der Waals surface area contributed by atoms with Crippen molar-refractivity contribution in [3.63, 3.8) is 0 Å². The summed E-state index contributed by atoms with van der Waals surface area (Å²) in [5.41, 5.74) is 0. The molecule has 16 heteroatoms. The molecule has 0 spiro atoms. The van der Waals surface area contributed by atoms with Gasteiger partial charge in [-0.2, -0.15) is 0 Å². The van der Waals surface area contributed by atoms with Crippen LogP contribution in [0.4, 0.5) is 0 Å². The van der Waals surface area contributed by atoms with Crippen LogP contribution in [0.15, 0.2) is 72.9 Å². The van der Waals surface area contributed by atoms with Gasteiger partial charge in [0.05, 0.1) is 50.4 Å². The molecule has 0 aromatic carbocycles. The molecule has 7 unspecified atom stereocenters. The van der Waals surface area contributed by atoms with E-state index in [2.05, 4.69) is 50.3 Å². The largest absolute Gasteiger partial charge is 0.465 e. The fourth-order valence-electron chi connectivity index (χ4n) is 10.8. The Kier molecular flexibility index (Phi) is 46.7. The summed E-state index contributed by atoms with van der Waals surface area (Å²) >= 11 is 0. The highest BCUT2D eigenvalue weighted by Crippen LogP contribution is 2.31. The number of carbonyl (C=O) groups excluding carboxylic acids is 8. The number of aliphatic hydroxyl groups is 2. The minimum absolute atomic E-state index is 0.00457. The molecule has 7 atom stereocenters. The van der Waals surface area contributed by atoms with Crippen molar-refractivity contribution in [2.45, 2.75) is 259 Å². The Balaban J connectivity index is 1.78. The number of carbonyl (C=O) groups is 8. The molecule has 0 aromatic heterocycles. The van der Waals surface area contributed by atoms with E-state index in [1.807, 2.05) is 50.3 Å². The number of esters is 8. The molecule has 2 saturated heterocycles. The van der Waals surface area contributed by atoms with E-state index in [9.17, 15) is 48.6 Å². The maximum absolute atomic E-state index is 13.1. The van der Waals surface area contributed by atoms with Gasteiger partial charge >= 0.3 is 47.8 Å². The van der Waals surface area contributed by atoms with Crippen molar-refractivity contribution in [3.8, 4) is 0 Å². The van der Waals surface area contributed by atoms with Gasteiger partial charge in [0.25, 0.3) is 0 Å². The monoisotopic (exact) mass is 1230 g/mol. The van der Waals surface area contributed by atoms with Gasteiger partial charge in [0.2, 0.25) is 0 Å². The van der Waals surface area contributed by atoms with Crippen LogP contribution in [-0.4, -0.2) is 97.1 Å². The van der Waals surface area contributed by atoms with E-state index >= 15 is 0 Å². The first kappa shape index (κ1) is 78.6. The smallest absolute Gasteiger partial charge is 0.317 e.